The third-order valence-corrected chi connectivity index (χ3v) is 10.8. The van der Waals surface area contributed by atoms with E-state index in [2.05, 4.69) is 18.7 Å². The van der Waals surface area contributed by atoms with Crippen LogP contribution in [0.5, 0.6) is 11.5 Å². The maximum absolute atomic E-state index is 13.4. The van der Waals surface area contributed by atoms with Crippen molar-refractivity contribution in [2.75, 3.05) is 46.1 Å². The van der Waals surface area contributed by atoms with Crippen LogP contribution in [0.1, 0.15) is 54.8 Å². The van der Waals surface area contributed by atoms with Crippen molar-refractivity contribution in [2.45, 2.75) is 61.8 Å². The van der Waals surface area contributed by atoms with Gasteiger partial charge in [0, 0.05) is 31.7 Å². The van der Waals surface area contributed by atoms with E-state index in [1.165, 1.54) is 17.4 Å². The molecule has 2 aliphatic rings. The van der Waals surface area contributed by atoms with E-state index >= 15 is 0 Å². The van der Waals surface area contributed by atoms with E-state index < -0.39 is 9.84 Å². The Bertz CT molecular complexity index is 1540. The number of nitrogens with zero attached hydrogens (tertiary/aromatic N) is 3. The van der Waals surface area contributed by atoms with Gasteiger partial charge in [0.1, 0.15) is 6.54 Å². The van der Waals surface area contributed by atoms with Crippen molar-refractivity contribution in [1.29, 1.82) is 0 Å². The standard InChI is InChI=1S/C33H41N3O6S2/c1-3-14-34(15-4-5-16-35-17-8-18-36(23-32(35)37)33(38)31-11-7-19-43-31)25(2)20-26-9-6-10-27(21-26)44(39,40)28-12-13-29-30(22-28)42-24-41-29/h6-7,9-13,19,21-22,25H,3-5,8,14-18,20,23-24H2,1-2H3. The number of amides is 2. The van der Waals surface area contributed by atoms with Gasteiger partial charge in [-0.3, -0.25) is 9.59 Å². The van der Waals surface area contributed by atoms with Crippen molar-refractivity contribution in [3.8, 4) is 11.5 Å². The number of carbonyl (C=O) groups excluding carboxylic acids is 2. The van der Waals surface area contributed by atoms with Gasteiger partial charge in [-0.25, -0.2) is 8.42 Å². The SMILES string of the molecule is CCCN(CCCCN1CCCN(C(=O)c2cccs2)CC1=O)C(C)Cc1cccc(S(=O)(=O)c2ccc3c(c2)OCO3)c1. The Kier molecular flexibility index (Phi) is 10.6. The summed E-state index contributed by atoms with van der Waals surface area (Å²) in [7, 11) is -3.71. The van der Waals surface area contributed by atoms with E-state index in [4.69, 9.17) is 9.47 Å². The normalized spacial score (nSPS) is 15.9. The molecule has 9 nitrogen and oxygen atoms in total. The number of benzene rings is 2. The summed E-state index contributed by atoms with van der Waals surface area (Å²) < 4.78 is 37.5. The molecule has 1 atom stereocenters. The summed E-state index contributed by atoms with van der Waals surface area (Å²) in [6.07, 6.45) is 4.36. The second-order valence-corrected chi connectivity index (χ2v) is 14.3. The van der Waals surface area contributed by atoms with Crippen molar-refractivity contribution in [3.63, 3.8) is 0 Å². The van der Waals surface area contributed by atoms with E-state index in [9.17, 15) is 18.0 Å². The second-order valence-electron chi connectivity index (χ2n) is 11.4. The smallest absolute Gasteiger partial charge is 0.264 e. The van der Waals surface area contributed by atoms with Crippen LogP contribution in [0.2, 0.25) is 0 Å². The third kappa shape index (κ3) is 7.62. The van der Waals surface area contributed by atoms with E-state index in [-0.39, 0.29) is 41.0 Å². The molecule has 0 aliphatic carbocycles. The molecule has 3 heterocycles. The molecule has 44 heavy (non-hydrogen) atoms. The molecule has 1 fully saturated rings. The molecular weight excluding hydrogens is 599 g/mol. The molecule has 0 radical (unpaired) electrons. The Hall–Kier alpha value is -3.41. The summed E-state index contributed by atoms with van der Waals surface area (Å²) >= 11 is 1.41. The second kappa shape index (κ2) is 14.6. The molecule has 0 saturated carbocycles. The van der Waals surface area contributed by atoms with Crippen LogP contribution in [0, 0.1) is 0 Å². The van der Waals surface area contributed by atoms with E-state index in [1.807, 2.05) is 28.5 Å². The van der Waals surface area contributed by atoms with Crippen molar-refractivity contribution >= 4 is 33.0 Å². The zero-order valence-corrected chi connectivity index (χ0v) is 27.1. The number of carbonyl (C=O) groups is 2. The van der Waals surface area contributed by atoms with Crippen molar-refractivity contribution in [2.24, 2.45) is 0 Å². The van der Waals surface area contributed by atoms with Gasteiger partial charge in [-0.15, -0.1) is 11.3 Å². The first-order valence-corrected chi connectivity index (χ1v) is 17.7. The minimum Gasteiger partial charge on any atom is -0.454 e. The summed E-state index contributed by atoms with van der Waals surface area (Å²) in [5, 5.41) is 1.88. The maximum atomic E-state index is 13.4. The van der Waals surface area contributed by atoms with Crippen molar-refractivity contribution in [3.05, 3.63) is 70.4 Å². The number of rotatable bonds is 13. The van der Waals surface area contributed by atoms with Gasteiger partial charge in [-0.1, -0.05) is 25.1 Å². The lowest BCUT2D eigenvalue weighted by atomic mass is 10.1. The van der Waals surface area contributed by atoms with E-state index in [0.717, 1.165) is 50.8 Å². The average molecular weight is 640 g/mol. The molecule has 1 aromatic heterocycles. The summed E-state index contributed by atoms with van der Waals surface area (Å²) in [5.74, 6) is 0.947. The molecule has 0 N–H and O–H groups in total. The van der Waals surface area contributed by atoms with Gasteiger partial charge in [0.15, 0.2) is 11.5 Å². The fourth-order valence-corrected chi connectivity index (χ4v) is 7.87. The molecule has 11 heteroatoms. The molecule has 2 amide bonds. The molecule has 1 unspecified atom stereocenters. The predicted octanol–water partition coefficient (Wildman–Crippen LogP) is 5.11. The highest BCUT2D eigenvalue weighted by Gasteiger charge is 2.26. The first-order valence-electron chi connectivity index (χ1n) is 15.3. The molecular formula is C33H41N3O6S2. The van der Waals surface area contributed by atoms with E-state index in [0.29, 0.717) is 36.0 Å². The number of ether oxygens (including phenoxy) is 2. The van der Waals surface area contributed by atoms with Gasteiger partial charge in [-0.05, 0) is 93.4 Å². The van der Waals surface area contributed by atoms with Gasteiger partial charge in [0.25, 0.3) is 5.91 Å². The number of hydrogen-bond acceptors (Lipinski definition) is 8. The number of unbranched alkanes of at least 4 members (excludes halogenated alkanes) is 1. The molecule has 3 aromatic rings. The molecule has 0 bridgehead atoms. The first kappa shape index (κ1) is 32.0. The highest BCUT2D eigenvalue weighted by molar-refractivity contribution is 7.91. The lowest BCUT2D eigenvalue weighted by molar-refractivity contribution is -0.130. The van der Waals surface area contributed by atoms with Crippen LogP contribution in [0.25, 0.3) is 0 Å². The highest BCUT2D eigenvalue weighted by atomic mass is 32.2. The Labute approximate surface area is 264 Å². The van der Waals surface area contributed by atoms with Crippen LogP contribution in [-0.2, 0) is 21.1 Å². The van der Waals surface area contributed by atoms with Crippen LogP contribution in [0.4, 0.5) is 0 Å². The molecule has 2 aliphatic heterocycles. The van der Waals surface area contributed by atoms with Crippen LogP contribution >= 0.6 is 11.3 Å². The largest absolute Gasteiger partial charge is 0.454 e. The maximum Gasteiger partial charge on any atom is 0.264 e. The number of thiophene rings is 1. The molecule has 0 spiro atoms. The molecule has 1 saturated heterocycles. The van der Waals surface area contributed by atoms with Gasteiger partial charge >= 0.3 is 0 Å². The molecule has 2 aromatic carbocycles. The average Bonchev–Trinajstić information content (AvgIpc) is 3.69. The summed E-state index contributed by atoms with van der Waals surface area (Å²) in [4.78, 5) is 32.9. The van der Waals surface area contributed by atoms with Crippen molar-refractivity contribution < 1.29 is 27.5 Å². The fourth-order valence-electron chi connectivity index (χ4n) is 5.83. The minimum atomic E-state index is -3.71. The summed E-state index contributed by atoms with van der Waals surface area (Å²) in [5.41, 5.74) is 0.970. The monoisotopic (exact) mass is 639 g/mol. The van der Waals surface area contributed by atoms with Crippen LogP contribution in [0.15, 0.2) is 69.8 Å². The fraction of sp³-hybridized carbons (Fsp3) is 0.455. The van der Waals surface area contributed by atoms with E-state index in [1.54, 1.807) is 35.2 Å². The van der Waals surface area contributed by atoms with Crippen LogP contribution < -0.4 is 9.47 Å². The third-order valence-electron chi connectivity index (χ3n) is 8.21. The van der Waals surface area contributed by atoms with Gasteiger partial charge in [0.05, 0.1) is 14.7 Å². The first-order chi connectivity index (χ1) is 21.3. The lowest BCUT2D eigenvalue weighted by Crippen LogP contribution is -2.40. The Balaban J connectivity index is 1.13. The summed E-state index contributed by atoms with van der Waals surface area (Å²) in [6, 6.07) is 15.8. The zero-order valence-electron chi connectivity index (χ0n) is 25.4. The highest BCUT2D eigenvalue weighted by Crippen LogP contribution is 2.35. The Morgan fingerprint density at radius 2 is 1.82 bits per heavy atom. The zero-order chi connectivity index (χ0) is 31.1. The minimum absolute atomic E-state index is 0.0155. The lowest BCUT2D eigenvalue weighted by Gasteiger charge is -2.29. The molecule has 236 valence electrons. The van der Waals surface area contributed by atoms with Crippen LogP contribution in [-0.4, -0.2) is 87.0 Å². The number of sulfone groups is 1. The Morgan fingerprint density at radius 3 is 2.61 bits per heavy atom. The topological polar surface area (TPSA) is 96.5 Å². The van der Waals surface area contributed by atoms with Crippen molar-refractivity contribution in [1.82, 2.24) is 14.7 Å². The number of hydrogen-bond donors (Lipinski definition) is 0. The summed E-state index contributed by atoms with van der Waals surface area (Å²) in [6.45, 7) is 8.38. The van der Waals surface area contributed by atoms with Gasteiger partial charge in [-0.2, -0.15) is 0 Å². The molecule has 5 rings (SSSR count). The predicted molar refractivity (Wildman–Crippen MR) is 170 cm³/mol. The van der Waals surface area contributed by atoms with Gasteiger partial charge < -0.3 is 24.2 Å². The van der Waals surface area contributed by atoms with Crippen LogP contribution in [0.3, 0.4) is 0 Å². The number of fused-ring (bicyclic) bond motifs is 1. The van der Waals surface area contributed by atoms with Gasteiger partial charge in [0.2, 0.25) is 22.5 Å². The Morgan fingerprint density at radius 1 is 1.00 bits per heavy atom. The quantitative estimate of drug-likeness (QED) is 0.240.